The van der Waals surface area contributed by atoms with Crippen molar-refractivity contribution in [2.75, 3.05) is 21.2 Å². The second-order valence-electron chi connectivity index (χ2n) is 18.8. The van der Waals surface area contributed by atoms with E-state index in [1.807, 2.05) is 25.9 Å². The van der Waals surface area contributed by atoms with Crippen LogP contribution in [0.2, 0.25) is 0 Å². The number of carboxylic acid groups (broad SMARTS) is 2. The lowest BCUT2D eigenvalue weighted by Gasteiger charge is -2.49. The van der Waals surface area contributed by atoms with Crippen LogP contribution in [0, 0.1) is 23.7 Å². The lowest BCUT2D eigenvalue weighted by molar-refractivity contribution is -0.318. The summed E-state index contributed by atoms with van der Waals surface area (Å²) in [5, 5.41) is 51.2. The first kappa shape index (κ1) is 54.3. The van der Waals surface area contributed by atoms with Crippen molar-refractivity contribution in [1.29, 1.82) is 0 Å². The number of likely N-dealkylation sites (N-methyl/N-ethyl adjacent to an activating group) is 1. The lowest BCUT2D eigenvalue weighted by atomic mass is 9.74. The average Bonchev–Trinajstić information content (AvgIpc) is 3.52. The number of rotatable bonds is 11. The van der Waals surface area contributed by atoms with Gasteiger partial charge < -0.3 is 74.1 Å². The third kappa shape index (κ3) is 12.9. The Bertz CT molecular complexity index is 1580. The monoisotopic (exact) mass is 906 g/mol. The molecule has 0 amide bonds. The van der Waals surface area contributed by atoms with E-state index in [2.05, 4.69) is 0 Å². The first-order chi connectivity index (χ1) is 29.0. The Balaban J connectivity index is 0.000000938. The molecule has 364 valence electrons. The quantitative estimate of drug-likeness (QED) is 0.162. The zero-order valence-electron chi connectivity index (χ0n) is 39.0. The molecule has 19 atom stereocenters. The summed E-state index contributed by atoms with van der Waals surface area (Å²) in [6.45, 7) is 16.9. The van der Waals surface area contributed by atoms with Crippen molar-refractivity contribution in [3.8, 4) is 0 Å². The zero-order chi connectivity index (χ0) is 48.1. The Morgan fingerprint density at radius 2 is 1.56 bits per heavy atom. The molecule has 4 fully saturated rings. The lowest BCUT2D eigenvalue weighted by Crippen LogP contribution is -2.61. The van der Waals surface area contributed by atoms with Crippen LogP contribution in [0.4, 0.5) is 4.79 Å². The average molecular weight is 907 g/mol. The molecule has 1 unspecified atom stereocenters. The van der Waals surface area contributed by atoms with E-state index in [0.717, 1.165) is 0 Å². The third-order valence-corrected chi connectivity index (χ3v) is 13.3. The number of methoxy groups -OCH3 is 1. The number of hydrogen-bond donors (Lipinski definition) is 6. The highest BCUT2D eigenvalue weighted by Gasteiger charge is 2.59. The normalized spacial score (nSPS) is 43.3. The van der Waals surface area contributed by atoms with E-state index in [1.54, 1.807) is 62.3 Å². The minimum Gasteiger partial charge on any atom is -0.481 e. The van der Waals surface area contributed by atoms with Crippen LogP contribution in [0.15, 0.2) is 0 Å². The van der Waals surface area contributed by atoms with Gasteiger partial charge in [0.1, 0.15) is 30.1 Å². The molecule has 4 aliphatic heterocycles. The van der Waals surface area contributed by atoms with Crippen molar-refractivity contribution in [1.82, 2.24) is 4.90 Å². The van der Waals surface area contributed by atoms with Gasteiger partial charge in [0, 0.05) is 37.8 Å². The number of fused-ring (bicyclic) bond motifs is 1. The molecule has 4 rings (SSSR count). The Morgan fingerprint density at radius 3 is 2.10 bits per heavy atom. The molecule has 4 saturated heterocycles. The minimum absolute atomic E-state index is 0.0231. The number of aliphatic hydroxyl groups excluding tert-OH is 2. The molecule has 0 aromatic heterocycles. The number of ether oxygens (including phenoxy) is 8. The molecule has 0 aromatic rings. The summed E-state index contributed by atoms with van der Waals surface area (Å²) >= 11 is 0. The second-order valence-corrected chi connectivity index (χ2v) is 18.8. The van der Waals surface area contributed by atoms with Gasteiger partial charge in [0.15, 0.2) is 24.3 Å². The number of aliphatic hydroxyl groups is 3. The number of ketones is 1. The number of carboxylic acids is 2. The number of cyclic esters (lactones) is 1. The first-order valence-electron chi connectivity index (χ1n) is 21.8. The molecule has 63 heavy (non-hydrogen) atoms. The van der Waals surface area contributed by atoms with Gasteiger partial charge in [0.2, 0.25) is 0 Å². The highest BCUT2D eigenvalue weighted by Crippen LogP contribution is 2.43. The molecule has 4 aliphatic rings. The van der Waals surface area contributed by atoms with Crippen LogP contribution < -0.4 is 5.73 Å². The summed E-state index contributed by atoms with van der Waals surface area (Å²) < 4.78 is 48.7. The number of nitrogens with zero attached hydrogens (tertiary/aromatic N) is 1. The number of carbonyl (C=O) groups excluding carboxylic acids is 3. The topological polar surface area (TPSA) is 290 Å². The van der Waals surface area contributed by atoms with Gasteiger partial charge in [0.05, 0.1) is 47.5 Å². The van der Waals surface area contributed by atoms with Gasteiger partial charge in [-0.2, -0.15) is 0 Å². The fraction of sp³-hybridized carbons (Fsp3) is 0.884. The third-order valence-electron chi connectivity index (χ3n) is 13.3. The van der Waals surface area contributed by atoms with E-state index in [1.165, 1.54) is 7.11 Å². The van der Waals surface area contributed by atoms with Gasteiger partial charge in [-0.1, -0.05) is 27.7 Å². The van der Waals surface area contributed by atoms with E-state index >= 15 is 0 Å². The maximum absolute atomic E-state index is 14.3. The zero-order valence-corrected chi connectivity index (χ0v) is 39.0. The van der Waals surface area contributed by atoms with Crippen LogP contribution in [0.5, 0.6) is 0 Å². The summed E-state index contributed by atoms with van der Waals surface area (Å²) in [7, 11) is 5.20. The smallest absolute Gasteiger partial charge is 0.481 e. The van der Waals surface area contributed by atoms with Gasteiger partial charge in [-0.3, -0.25) is 19.2 Å². The highest BCUT2D eigenvalue weighted by atomic mass is 16.8. The molecule has 0 aliphatic carbocycles. The Labute approximate surface area is 370 Å². The van der Waals surface area contributed by atoms with Gasteiger partial charge in [0.25, 0.3) is 0 Å². The molecule has 0 spiro atoms. The van der Waals surface area contributed by atoms with Crippen molar-refractivity contribution in [2.45, 2.75) is 198 Å². The number of esters is 1. The predicted molar refractivity (Wildman–Crippen MR) is 222 cm³/mol. The van der Waals surface area contributed by atoms with Crippen LogP contribution in [-0.2, 0) is 57.1 Å². The van der Waals surface area contributed by atoms with Crippen LogP contribution >= 0.6 is 0 Å². The molecular weight excluding hydrogens is 832 g/mol. The van der Waals surface area contributed by atoms with E-state index in [0.29, 0.717) is 6.42 Å². The van der Waals surface area contributed by atoms with Crippen molar-refractivity contribution in [3.63, 3.8) is 0 Å². The van der Waals surface area contributed by atoms with Crippen LogP contribution in [0.1, 0.15) is 108 Å². The van der Waals surface area contributed by atoms with E-state index in [-0.39, 0.29) is 50.0 Å². The Hall–Kier alpha value is -3.05. The number of nitrogens with two attached hydrogens (primary N) is 1. The summed E-state index contributed by atoms with van der Waals surface area (Å²) in [5.74, 6) is -6.74. The summed E-state index contributed by atoms with van der Waals surface area (Å²) in [4.78, 5) is 62.8. The van der Waals surface area contributed by atoms with Crippen LogP contribution in [-0.4, -0.2) is 172 Å². The van der Waals surface area contributed by atoms with E-state index in [4.69, 9.17) is 53.8 Å². The van der Waals surface area contributed by atoms with E-state index in [9.17, 15) is 39.3 Å². The number of hydrogen-bond acceptors (Lipinski definition) is 18. The maximum atomic E-state index is 14.3. The van der Waals surface area contributed by atoms with Gasteiger partial charge >= 0.3 is 24.1 Å². The Morgan fingerprint density at radius 1 is 0.937 bits per heavy atom. The molecule has 0 radical (unpaired) electrons. The molecule has 0 bridgehead atoms. The van der Waals surface area contributed by atoms with Crippen molar-refractivity contribution < 1.29 is 87.4 Å². The minimum atomic E-state index is -1.78. The molecule has 20 nitrogen and oxygen atoms in total. The molecule has 4 heterocycles. The fourth-order valence-corrected chi connectivity index (χ4v) is 9.43. The first-order valence-corrected chi connectivity index (χ1v) is 21.8. The number of aliphatic carboxylic acids is 2. The predicted octanol–water partition coefficient (Wildman–Crippen LogP) is 2.23. The van der Waals surface area contributed by atoms with Crippen molar-refractivity contribution in [2.24, 2.45) is 29.4 Å². The van der Waals surface area contributed by atoms with Crippen LogP contribution in [0.25, 0.3) is 0 Å². The number of carbonyl (C=O) groups is 5. The highest BCUT2D eigenvalue weighted by molar-refractivity contribution is 5.84. The number of Topliss-reactive ketones (excluding diaryl/α,β-unsaturated/α-hetero) is 1. The fourth-order valence-electron chi connectivity index (χ4n) is 9.43. The van der Waals surface area contributed by atoms with Gasteiger partial charge in [-0.15, -0.1) is 0 Å². The molecule has 0 saturated carbocycles. The molecule has 0 aromatic carbocycles. The molecule has 20 heteroatoms. The largest absolute Gasteiger partial charge is 0.509 e. The Kier molecular flexibility index (Phi) is 18.9. The maximum Gasteiger partial charge on any atom is 0.509 e. The molecule has 7 N–H and O–H groups in total. The van der Waals surface area contributed by atoms with Crippen molar-refractivity contribution >= 4 is 29.8 Å². The van der Waals surface area contributed by atoms with Crippen molar-refractivity contribution in [3.05, 3.63) is 0 Å². The summed E-state index contributed by atoms with van der Waals surface area (Å²) in [6, 6.07) is -1.38. The van der Waals surface area contributed by atoms with Gasteiger partial charge in [-0.05, 0) is 81.3 Å². The van der Waals surface area contributed by atoms with Crippen LogP contribution in [0.3, 0.4) is 0 Å². The summed E-state index contributed by atoms with van der Waals surface area (Å²) in [5.41, 5.74) is 0.674. The molecular formula is C43H74N2O18. The standard InChI is InChI=1S/C38H65NO14.C5H9NO4/c1-14-25-38(10)32(52-35(44)53-38)20(4)27(40)18(2)16-36(8,45)31(51-34-28(41)24(39(11)12)15-19(3)47-34)21(5)29(22(6)33(43)49-25)50-26-17-37(9,46-13)30(42)23(7)48-26;6-3(5(9)10)1-2-4(7)8/h18-26,28-32,34,41-42,45H,14-17H2,1-13H3;3H,1-2,6H2,(H,7,8)(H,9,10)/t18-,19-,20+,21+,22-,23+,24+,25-,26+,28-,29+,30+,31?,32-,34+,36-,37-,38-;3-/m10/s1. The van der Waals surface area contributed by atoms with E-state index < -0.39 is 126 Å². The summed E-state index contributed by atoms with van der Waals surface area (Å²) in [6.07, 6.45) is -10.0. The SMILES string of the molecule is CC[C@H]1OC(=O)[C@H](C)[C@@H](O[C@H]2C[C@@](C)(OC)[C@@H](O)[C@H](C)O2)[C@H](C)C(O[C@@H]2O[C@H](C)C[C@H](N(C)C)[C@H]2O)[C@](C)(O)C[C@@H](C)C(=O)[C@H](C)[C@H]2OC(=O)O[C@@]21C.N[C@@H](CCC(=O)O)C(=O)O. The second kappa shape index (κ2) is 22.0. The van der Waals surface area contributed by atoms with Gasteiger partial charge in [-0.25, -0.2) is 4.79 Å².